The van der Waals surface area contributed by atoms with Gasteiger partial charge in [0.15, 0.2) is 0 Å². The predicted octanol–water partition coefficient (Wildman–Crippen LogP) is 3.16. The molecule has 1 aromatic rings. The molecule has 1 aromatic carbocycles. The Kier molecular flexibility index (Phi) is 5.62. The Morgan fingerprint density at radius 3 is 2.63 bits per heavy atom. The summed E-state index contributed by atoms with van der Waals surface area (Å²) in [6, 6.07) is 6.50. The van der Waals surface area contributed by atoms with Gasteiger partial charge in [-0.25, -0.2) is 0 Å². The summed E-state index contributed by atoms with van der Waals surface area (Å²) in [7, 11) is 0. The summed E-state index contributed by atoms with van der Waals surface area (Å²) in [6.07, 6.45) is -4.40. The molecule has 1 N–H and O–H groups in total. The third-order valence-corrected chi connectivity index (χ3v) is 2.54. The van der Waals surface area contributed by atoms with E-state index in [0.29, 0.717) is 10.6 Å². The van der Waals surface area contributed by atoms with Crippen molar-refractivity contribution in [2.45, 2.75) is 12.6 Å². The number of ether oxygens (including phenoxy) is 1. The van der Waals surface area contributed by atoms with Gasteiger partial charge < -0.3 is 9.84 Å². The summed E-state index contributed by atoms with van der Waals surface area (Å²) in [5.74, 6) is -2.25. The molecule has 7 heteroatoms. The summed E-state index contributed by atoms with van der Waals surface area (Å²) in [5.41, 5.74) is 0.635. The van der Waals surface area contributed by atoms with Crippen LogP contribution in [0.2, 0.25) is 5.02 Å². The van der Waals surface area contributed by atoms with Crippen molar-refractivity contribution in [2.24, 2.45) is 5.92 Å². The van der Waals surface area contributed by atoms with Gasteiger partial charge in [-0.1, -0.05) is 23.7 Å². The molecule has 0 radical (unpaired) electrons. The third kappa shape index (κ3) is 6.45. The largest absolute Gasteiger partial charge is 0.481 e. The molecule has 0 aliphatic heterocycles. The van der Waals surface area contributed by atoms with Gasteiger partial charge in [0.25, 0.3) is 0 Å². The fourth-order valence-electron chi connectivity index (χ4n) is 1.48. The van der Waals surface area contributed by atoms with Crippen LogP contribution in [0.3, 0.4) is 0 Å². The standard InChI is InChI=1S/C12H12ClF3O3/c13-10-3-1-2-8(5-10)4-9(11(17)18)6-19-7-12(14,15)16/h1-3,5,9H,4,6-7H2,(H,17,18). The van der Waals surface area contributed by atoms with Gasteiger partial charge in [-0.05, 0) is 24.1 Å². The molecule has 1 rings (SSSR count). The van der Waals surface area contributed by atoms with Crippen molar-refractivity contribution in [2.75, 3.05) is 13.2 Å². The van der Waals surface area contributed by atoms with Crippen LogP contribution in [0, 0.1) is 5.92 Å². The van der Waals surface area contributed by atoms with E-state index >= 15 is 0 Å². The Bertz CT molecular complexity index is 434. The Labute approximate surface area is 112 Å². The highest BCUT2D eigenvalue weighted by Crippen LogP contribution is 2.18. The maximum Gasteiger partial charge on any atom is 0.411 e. The van der Waals surface area contributed by atoms with E-state index in [1.54, 1.807) is 24.3 Å². The minimum Gasteiger partial charge on any atom is -0.481 e. The average molecular weight is 297 g/mol. The molecule has 0 spiro atoms. The topological polar surface area (TPSA) is 46.5 Å². The molecule has 1 unspecified atom stereocenters. The molecule has 0 aliphatic rings. The summed E-state index contributed by atoms with van der Waals surface area (Å²) >= 11 is 5.74. The van der Waals surface area contributed by atoms with Crippen LogP contribution in [-0.2, 0) is 16.0 Å². The van der Waals surface area contributed by atoms with Gasteiger partial charge in [0.2, 0.25) is 0 Å². The monoisotopic (exact) mass is 296 g/mol. The van der Waals surface area contributed by atoms with Crippen LogP contribution < -0.4 is 0 Å². The van der Waals surface area contributed by atoms with Crippen molar-refractivity contribution in [1.82, 2.24) is 0 Å². The summed E-state index contributed by atoms with van der Waals surface area (Å²) in [5, 5.41) is 9.38. The van der Waals surface area contributed by atoms with E-state index in [2.05, 4.69) is 4.74 Å². The number of carboxylic acid groups (broad SMARTS) is 1. The first kappa shape index (κ1) is 15.8. The summed E-state index contributed by atoms with van der Waals surface area (Å²) in [4.78, 5) is 11.0. The molecule has 0 fully saturated rings. The second-order valence-electron chi connectivity index (χ2n) is 4.00. The van der Waals surface area contributed by atoms with E-state index in [9.17, 15) is 18.0 Å². The lowest BCUT2D eigenvalue weighted by atomic mass is 10.0. The number of carbonyl (C=O) groups is 1. The molecule has 0 aromatic heterocycles. The first-order valence-electron chi connectivity index (χ1n) is 5.39. The second kappa shape index (κ2) is 6.77. The van der Waals surface area contributed by atoms with Gasteiger partial charge in [0.1, 0.15) is 6.61 Å². The van der Waals surface area contributed by atoms with Gasteiger partial charge in [0.05, 0.1) is 12.5 Å². The molecule has 3 nitrogen and oxygen atoms in total. The normalized spacial score (nSPS) is 13.3. The van der Waals surface area contributed by atoms with Gasteiger partial charge in [-0.2, -0.15) is 13.2 Å². The number of aliphatic carboxylic acids is 1. The van der Waals surface area contributed by atoms with E-state index < -0.39 is 31.3 Å². The van der Waals surface area contributed by atoms with Gasteiger partial charge >= 0.3 is 12.1 Å². The molecule has 0 amide bonds. The number of hydrogen-bond acceptors (Lipinski definition) is 2. The van der Waals surface area contributed by atoms with Crippen LogP contribution in [0.15, 0.2) is 24.3 Å². The van der Waals surface area contributed by atoms with Crippen LogP contribution in [0.1, 0.15) is 5.56 Å². The van der Waals surface area contributed by atoms with Crippen molar-refractivity contribution in [3.8, 4) is 0 Å². The molecular formula is C12H12ClF3O3. The highest BCUT2D eigenvalue weighted by Gasteiger charge is 2.29. The lowest BCUT2D eigenvalue weighted by Crippen LogP contribution is -2.26. The number of benzene rings is 1. The van der Waals surface area contributed by atoms with Crippen LogP contribution in [0.5, 0.6) is 0 Å². The smallest absolute Gasteiger partial charge is 0.411 e. The zero-order valence-corrected chi connectivity index (χ0v) is 10.5. The number of rotatable bonds is 6. The van der Waals surface area contributed by atoms with E-state index in [0.717, 1.165) is 0 Å². The zero-order valence-electron chi connectivity index (χ0n) is 9.78. The number of alkyl halides is 3. The minimum absolute atomic E-state index is 0.0632. The molecule has 1 atom stereocenters. The van der Waals surface area contributed by atoms with Crippen molar-refractivity contribution in [1.29, 1.82) is 0 Å². The second-order valence-corrected chi connectivity index (χ2v) is 4.44. The number of hydrogen-bond donors (Lipinski definition) is 1. The Morgan fingerprint density at radius 2 is 2.11 bits per heavy atom. The lowest BCUT2D eigenvalue weighted by molar-refractivity contribution is -0.179. The highest BCUT2D eigenvalue weighted by molar-refractivity contribution is 6.30. The molecule has 19 heavy (non-hydrogen) atoms. The quantitative estimate of drug-likeness (QED) is 0.877. The SMILES string of the molecule is O=C(O)C(COCC(F)(F)F)Cc1cccc(Cl)c1. The fourth-order valence-corrected chi connectivity index (χ4v) is 1.70. The fraction of sp³-hybridized carbons (Fsp3) is 0.417. The van der Waals surface area contributed by atoms with Gasteiger partial charge in [-0.3, -0.25) is 4.79 Å². The van der Waals surface area contributed by atoms with Crippen LogP contribution >= 0.6 is 11.6 Å². The predicted molar refractivity (Wildman–Crippen MR) is 63.2 cm³/mol. The van der Waals surface area contributed by atoms with Crippen LogP contribution in [-0.4, -0.2) is 30.5 Å². The first-order valence-corrected chi connectivity index (χ1v) is 5.77. The minimum atomic E-state index is -4.46. The van der Waals surface area contributed by atoms with Crippen molar-refractivity contribution < 1.29 is 27.8 Å². The molecule has 106 valence electrons. The van der Waals surface area contributed by atoms with E-state index in [1.807, 2.05) is 0 Å². The Balaban J connectivity index is 2.56. The highest BCUT2D eigenvalue weighted by atomic mass is 35.5. The number of carboxylic acids is 1. The van der Waals surface area contributed by atoms with Crippen LogP contribution in [0.4, 0.5) is 13.2 Å². The summed E-state index contributed by atoms with van der Waals surface area (Å²) < 4.78 is 40.1. The number of halogens is 4. The molecule has 0 aliphatic carbocycles. The van der Waals surface area contributed by atoms with Gasteiger partial charge in [-0.15, -0.1) is 0 Å². The van der Waals surface area contributed by atoms with E-state index in [1.165, 1.54) is 0 Å². The van der Waals surface area contributed by atoms with Crippen molar-refractivity contribution in [3.05, 3.63) is 34.9 Å². The zero-order chi connectivity index (χ0) is 14.5. The van der Waals surface area contributed by atoms with Crippen LogP contribution in [0.25, 0.3) is 0 Å². The molecule has 0 bridgehead atoms. The first-order chi connectivity index (χ1) is 8.78. The van der Waals surface area contributed by atoms with Crippen molar-refractivity contribution >= 4 is 17.6 Å². The van der Waals surface area contributed by atoms with E-state index in [-0.39, 0.29) is 6.42 Å². The van der Waals surface area contributed by atoms with Gasteiger partial charge in [0, 0.05) is 5.02 Å². The maximum atomic E-state index is 11.9. The maximum absolute atomic E-state index is 11.9. The molecular weight excluding hydrogens is 285 g/mol. The molecule has 0 saturated heterocycles. The lowest BCUT2D eigenvalue weighted by Gasteiger charge is -2.14. The average Bonchev–Trinajstić information content (AvgIpc) is 2.26. The molecule has 0 heterocycles. The molecule has 0 saturated carbocycles. The third-order valence-electron chi connectivity index (χ3n) is 2.31. The Hall–Kier alpha value is -1.27. The van der Waals surface area contributed by atoms with Crippen molar-refractivity contribution in [3.63, 3.8) is 0 Å². The van der Waals surface area contributed by atoms with E-state index in [4.69, 9.17) is 16.7 Å². The summed E-state index contributed by atoms with van der Waals surface area (Å²) in [6.45, 7) is -1.95. The Morgan fingerprint density at radius 1 is 1.42 bits per heavy atom.